The first-order valence-corrected chi connectivity index (χ1v) is 8.23. The standard InChI is InChI=1S/C17H27N3.2ClH/c1-14-6-5-9-16(19-14)17(15-7-3-2-4-8-15)20-12-10-18-11-13-20;;/h5-6,9,15,17-18H,2-4,7-8,10-13H2,1H3;2*1H/t17-;;/m0../s1. The summed E-state index contributed by atoms with van der Waals surface area (Å²) < 4.78 is 0. The Morgan fingerprint density at radius 2 is 1.77 bits per heavy atom. The highest BCUT2D eigenvalue weighted by Gasteiger charge is 2.31. The molecule has 0 spiro atoms. The van der Waals surface area contributed by atoms with Crippen LogP contribution in [-0.4, -0.2) is 36.1 Å². The lowest BCUT2D eigenvalue weighted by Crippen LogP contribution is -2.47. The second kappa shape index (κ2) is 9.71. The number of piperazine rings is 1. The van der Waals surface area contributed by atoms with Crippen LogP contribution in [0.25, 0.3) is 0 Å². The van der Waals surface area contributed by atoms with Crippen LogP contribution in [0, 0.1) is 12.8 Å². The summed E-state index contributed by atoms with van der Waals surface area (Å²) in [6.45, 7) is 6.68. The van der Waals surface area contributed by atoms with Gasteiger partial charge in [-0.3, -0.25) is 9.88 Å². The molecule has 1 aliphatic heterocycles. The zero-order valence-electron chi connectivity index (χ0n) is 13.5. The van der Waals surface area contributed by atoms with Crippen LogP contribution in [0.1, 0.15) is 49.5 Å². The van der Waals surface area contributed by atoms with Gasteiger partial charge in [0, 0.05) is 31.9 Å². The van der Waals surface area contributed by atoms with Crippen LogP contribution in [0.5, 0.6) is 0 Å². The molecule has 1 aliphatic carbocycles. The summed E-state index contributed by atoms with van der Waals surface area (Å²) in [6.07, 6.45) is 6.98. The molecule has 2 aliphatic rings. The van der Waals surface area contributed by atoms with Gasteiger partial charge in [-0.15, -0.1) is 24.8 Å². The molecule has 0 radical (unpaired) electrons. The molecule has 2 heterocycles. The number of hydrogen-bond acceptors (Lipinski definition) is 3. The number of hydrogen-bond donors (Lipinski definition) is 1. The van der Waals surface area contributed by atoms with Gasteiger partial charge in [-0.25, -0.2) is 0 Å². The second-order valence-electron chi connectivity index (χ2n) is 6.33. The van der Waals surface area contributed by atoms with Gasteiger partial charge in [0.15, 0.2) is 0 Å². The average Bonchev–Trinajstić information content (AvgIpc) is 2.50. The van der Waals surface area contributed by atoms with E-state index in [1.165, 1.54) is 37.8 Å². The van der Waals surface area contributed by atoms with Crippen molar-refractivity contribution in [3.63, 3.8) is 0 Å². The topological polar surface area (TPSA) is 28.2 Å². The maximum Gasteiger partial charge on any atom is 0.0581 e. The van der Waals surface area contributed by atoms with E-state index in [1.54, 1.807) is 0 Å². The molecule has 3 rings (SSSR count). The molecular formula is C17H29Cl2N3. The molecule has 1 aromatic rings. The van der Waals surface area contributed by atoms with Gasteiger partial charge in [-0.2, -0.15) is 0 Å². The van der Waals surface area contributed by atoms with Gasteiger partial charge in [0.2, 0.25) is 0 Å². The molecule has 0 aromatic carbocycles. The van der Waals surface area contributed by atoms with Gasteiger partial charge in [0.25, 0.3) is 0 Å². The number of rotatable bonds is 3. The summed E-state index contributed by atoms with van der Waals surface area (Å²) in [5, 5.41) is 3.47. The van der Waals surface area contributed by atoms with E-state index in [0.717, 1.165) is 37.8 Å². The highest BCUT2D eigenvalue weighted by Crippen LogP contribution is 2.37. The van der Waals surface area contributed by atoms with Crippen molar-refractivity contribution in [3.8, 4) is 0 Å². The first kappa shape index (κ1) is 19.7. The van der Waals surface area contributed by atoms with Crippen LogP contribution < -0.4 is 5.32 Å². The lowest BCUT2D eigenvalue weighted by atomic mass is 9.81. The molecule has 5 heteroatoms. The number of aryl methyl sites for hydroxylation is 1. The zero-order valence-corrected chi connectivity index (χ0v) is 15.1. The Hall–Kier alpha value is -0.350. The molecular weight excluding hydrogens is 317 g/mol. The Bertz CT molecular complexity index is 412. The Morgan fingerprint density at radius 3 is 2.41 bits per heavy atom. The SMILES string of the molecule is Cc1cccc([C@H](C2CCCCC2)N2CCNCC2)n1.Cl.Cl. The van der Waals surface area contributed by atoms with Crippen molar-refractivity contribution in [2.24, 2.45) is 5.92 Å². The minimum atomic E-state index is 0. The third kappa shape index (κ3) is 4.82. The zero-order chi connectivity index (χ0) is 13.8. The lowest BCUT2D eigenvalue weighted by molar-refractivity contribution is 0.100. The highest BCUT2D eigenvalue weighted by molar-refractivity contribution is 5.85. The van der Waals surface area contributed by atoms with E-state index in [0.29, 0.717) is 6.04 Å². The van der Waals surface area contributed by atoms with Crippen LogP contribution in [0.15, 0.2) is 18.2 Å². The quantitative estimate of drug-likeness (QED) is 0.903. The monoisotopic (exact) mass is 345 g/mol. The average molecular weight is 346 g/mol. The van der Waals surface area contributed by atoms with Gasteiger partial charge in [-0.05, 0) is 37.8 Å². The van der Waals surface area contributed by atoms with E-state index in [2.05, 4.69) is 35.3 Å². The van der Waals surface area contributed by atoms with E-state index in [1.807, 2.05) is 0 Å². The maximum absolute atomic E-state index is 4.86. The van der Waals surface area contributed by atoms with Crippen molar-refractivity contribution < 1.29 is 0 Å². The van der Waals surface area contributed by atoms with Crippen molar-refractivity contribution in [1.29, 1.82) is 0 Å². The minimum absolute atomic E-state index is 0. The van der Waals surface area contributed by atoms with Crippen LogP contribution in [0.3, 0.4) is 0 Å². The van der Waals surface area contributed by atoms with Crippen LogP contribution in [0.2, 0.25) is 0 Å². The molecule has 126 valence electrons. The Kier molecular flexibility index (Phi) is 8.70. The predicted molar refractivity (Wildman–Crippen MR) is 97.2 cm³/mol. The lowest BCUT2D eigenvalue weighted by Gasteiger charge is -2.40. The van der Waals surface area contributed by atoms with E-state index in [9.17, 15) is 0 Å². The molecule has 3 nitrogen and oxygen atoms in total. The number of aromatic nitrogens is 1. The van der Waals surface area contributed by atoms with Crippen molar-refractivity contribution >= 4 is 24.8 Å². The minimum Gasteiger partial charge on any atom is -0.314 e. The first-order valence-electron chi connectivity index (χ1n) is 8.23. The number of nitrogens with one attached hydrogen (secondary N) is 1. The fourth-order valence-electron chi connectivity index (χ4n) is 3.87. The normalized spacial score (nSPS) is 21.5. The van der Waals surface area contributed by atoms with Crippen molar-refractivity contribution in [2.45, 2.75) is 45.1 Å². The van der Waals surface area contributed by atoms with E-state index in [4.69, 9.17) is 4.98 Å². The largest absolute Gasteiger partial charge is 0.314 e. The number of pyridine rings is 1. The molecule has 1 N–H and O–H groups in total. The van der Waals surface area contributed by atoms with Crippen molar-refractivity contribution in [1.82, 2.24) is 15.2 Å². The summed E-state index contributed by atoms with van der Waals surface area (Å²) in [4.78, 5) is 7.54. The van der Waals surface area contributed by atoms with Gasteiger partial charge >= 0.3 is 0 Å². The summed E-state index contributed by atoms with van der Waals surface area (Å²) >= 11 is 0. The van der Waals surface area contributed by atoms with Crippen LogP contribution in [0.4, 0.5) is 0 Å². The van der Waals surface area contributed by atoms with Gasteiger partial charge in [0.1, 0.15) is 0 Å². The molecule has 0 unspecified atom stereocenters. The first-order chi connectivity index (χ1) is 9.84. The predicted octanol–water partition coefficient (Wildman–Crippen LogP) is 3.76. The molecule has 2 fully saturated rings. The number of nitrogens with zero attached hydrogens (tertiary/aromatic N) is 2. The van der Waals surface area contributed by atoms with Crippen molar-refractivity contribution in [3.05, 3.63) is 29.6 Å². The van der Waals surface area contributed by atoms with Gasteiger partial charge in [0.05, 0.1) is 11.7 Å². The van der Waals surface area contributed by atoms with Gasteiger partial charge < -0.3 is 5.32 Å². The molecule has 1 saturated heterocycles. The second-order valence-corrected chi connectivity index (χ2v) is 6.33. The molecule has 0 amide bonds. The fourth-order valence-corrected chi connectivity index (χ4v) is 3.87. The Morgan fingerprint density at radius 1 is 1.09 bits per heavy atom. The summed E-state index contributed by atoms with van der Waals surface area (Å²) in [7, 11) is 0. The Balaban J connectivity index is 0.00000121. The summed E-state index contributed by atoms with van der Waals surface area (Å²) in [6, 6.07) is 7.07. The maximum atomic E-state index is 4.86. The number of halogens is 2. The highest BCUT2D eigenvalue weighted by atomic mass is 35.5. The summed E-state index contributed by atoms with van der Waals surface area (Å²) in [5.41, 5.74) is 2.46. The van der Waals surface area contributed by atoms with Gasteiger partial charge in [-0.1, -0.05) is 25.3 Å². The Labute approximate surface area is 147 Å². The molecule has 1 aromatic heterocycles. The molecule has 0 bridgehead atoms. The third-order valence-electron chi connectivity index (χ3n) is 4.85. The van der Waals surface area contributed by atoms with Crippen LogP contribution >= 0.6 is 24.8 Å². The summed E-state index contributed by atoms with van der Waals surface area (Å²) in [5.74, 6) is 0.802. The smallest absolute Gasteiger partial charge is 0.0581 e. The molecule has 1 atom stereocenters. The third-order valence-corrected chi connectivity index (χ3v) is 4.85. The molecule has 22 heavy (non-hydrogen) atoms. The fraction of sp³-hybridized carbons (Fsp3) is 0.706. The molecule has 1 saturated carbocycles. The van der Waals surface area contributed by atoms with E-state index in [-0.39, 0.29) is 24.8 Å². The van der Waals surface area contributed by atoms with Crippen molar-refractivity contribution in [2.75, 3.05) is 26.2 Å². The van der Waals surface area contributed by atoms with Crippen LogP contribution in [-0.2, 0) is 0 Å². The van der Waals surface area contributed by atoms with E-state index >= 15 is 0 Å². The van der Waals surface area contributed by atoms with E-state index < -0.39 is 0 Å².